The number of benzene rings is 2. The van der Waals surface area contributed by atoms with Crippen molar-refractivity contribution in [3.05, 3.63) is 64.7 Å². The Bertz CT molecular complexity index is 899. The second-order valence-electron chi connectivity index (χ2n) is 6.62. The van der Waals surface area contributed by atoms with Gasteiger partial charge < -0.3 is 15.0 Å². The number of amides is 2. The average Bonchev–Trinajstić information content (AvgIpc) is 3.12. The molecule has 1 fully saturated rings. The van der Waals surface area contributed by atoms with Crippen LogP contribution in [0.1, 0.15) is 41.7 Å². The lowest BCUT2D eigenvalue weighted by Gasteiger charge is -2.16. The van der Waals surface area contributed by atoms with Gasteiger partial charge in [0.1, 0.15) is 0 Å². The van der Waals surface area contributed by atoms with Crippen molar-refractivity contribution in [2.24, 2.45) is 0 Å². The number of hydrogen-bond acceptors (Lipinski definition) is 4. The Hall–Kier alpha value is -2.86. The van der Waals surface area contributed by atoms with E-state index in [1.54, 1.807) is 47.4 Å². The predicted octanol–water partition coefficient (Wildman–Crippen LogP) is 3.50. The molecular formula is C21H21ClN2O4. The van der Waals surface area contributed by atoms with Gasteiger partial charge in [0.2, 0.25) is 5.91 Å². The summed E-state index contributed by atoms with van der Waals surface area (Å²) in [6.45, 7) is 2.07. The van der Waals surface area contributed by atoms with Crippen molar-refractivity contribution >= 4 is 35.1 Å². The molecule has 0 spiro atoms. The van der Waals surface area contributed by atoms with Gasteiger partial charge >= 0.3 is 5.97 Å². The Morgan fingerprint density at radius 1 is 1.21 bits per heavy atom. The van der Waals surface area contributed by atoms with E-state index in [1.165, 1.54) is 0 Å². The van der Waals surface area contributed by atoms with Crippen LogP contribution in [-0.4, -0.2) is 30.9 Å². The van der Waals surface area contributed by atoms with E-state index >= 15 is 0 Å². The van der Waals surface area contributed by atoms with Crippen molar-refractivity contribution < 1.29 is 19.1 Å². The molecule has 6 nitrogen and oxygen atoms in total. The number of nitrogens with zero attached hydrogens (tertiary/aromatic N) is 1. The number of anilines is 1. The van der Waals surface area contributed by atoms with Crippen LogP contribution in [0.5, 0.6) is 0 Å². The number of ether oxygens (including phenoxy) is 1. The fraction of sp³-hybridized carbons (Fsp3) is 0.286. The molecular weight excluding hydrogens is 380 g/mol. The molecule has 0 radical (unpaired) electrons. The smallest absolute Gasteiger partial charge is 0.338 e. The second-order valence-corrected chi connectivity index (χ2v) is 7.06. The van der Waals surface area contributed by atoms with Gasteiger partial charge in [-0.15, -0.1) is 0 Å². The second kappa shape index (κ2) is 8.89. The van der Waals surface area contributed by atoms with Crippen molar-refractivity contribution in [3.63, 3.8) is 0 Å². The molecule has 28 heavy (non-hydrogen) atoms. The van der Waals surface area contributed by atoms with Crippen LogP contribution >= 0.6 is 11.6 Å². The van der Waals surface area contributed by atoms with E-state index in [-0.39, 0.29) is 11.9 Å². The maximum absolute atomic E-state index is 12.3. The summed E-state index contributed by atoms with van der Waals surface area (Å²) in [6, 6.07) is 13.6. The van der Waals surface area contributed by atoms with Crippen molar-refractivity contribution in [1.29, 1.82) is 0 Å². The van der Waals surface area contributed by atoms with Crippen LogP contribution in [0.2, 0.25) is 5.02 Å². The number of nitrogens with one attached hydrogen (secondary N) is 1. The van der Waals surface area contributed by atoms with Crippen molar-refractivity contribution in [3.8, 4) is 0 Å². The first kappa shape index (κ1) is 19.9. The third-order valence-electron chi connectivity index (χ3n) is 4.53. The largest absolute Gasteiger partial charge is 0.452 e. The Kier molecular flexibility index (Phi) is 6.31. The Morgan fingerprint density at radius 2 is 2.00 bits per heavy atom. The zero-order valence-corrected chi connectivity index (χ0v) is 16.2. The molecule has 3 rings (SSSR count). The molecule has 1 aliphatic rings. The summed E-state index contributed by atoms with van der Waals surface area (Å²) in [5.41, 5.74) is 1.82. The Balaban J connectivity index is 1.55. The van der Waals surface area contributed by atoms with Gasteiger partial charge in [0.25, 0.3) is 5.91 Å². The van der Waals surface area contributed by atoms with E-state index in [2.05, 4.69) is 5.32 Å². The number of esters is 1. The van der Waals surface area contributed by atoms with Crippen LogP contribution in [0, 0.1) is 0 Å². The molecule has 146 valence electrons. The first-order valence-corrected chi connectivity index (χ1v) is 9.44. The molecule has 1 N–H and O–H groups in total. The maximum atomic E-state index is 12.3. The highest BCUT2D eigenvalue weighted by molar-refractivity contribution is 6.30. The highest BCUT2D eigenvalue weighted by Gasteiger charge is 2.22. The molecule has 1 aliphatic heterocycles. The van der Waals surface area contributed by atoms with Gasteiger partial charge in [-0.25, -0.2) is 4.79 Å². The number of hydrogen-bond donors (Lipinski definition) is 1. The summed E-state index contributed by atoms with van der Waals surface area (Å²) < 4.78 is 5.11. The zero-order chi connectivity index (χ0) is 20.1. The van der Waals surface area contributed by atoms with Gasteiger partial charge in [-0.1, -0.05) is 29.8 Å². The Morgan fingerprint density at radius 3 is 2.71 bits per heavy atom. The molecule has 1 heterocycles. The molecule has 2 aromatic rings. The molecule has 0 saturated carbocycles. The normalized spacial score (nSPS) is 14.6. The predicted molar refractivity (Wildman–Crippen MR) is 106 cm³/mol. The van der Waals surface area contributed by atoms with Gasteiger partial charge in [-0.3, -0.25) is 9.59 Å². The minimum absolute atomic E-state index is 0.0416. The van der Waals surface area contributed by atoms with E-state index in [9.17, 15) is 14.4 Å². The van der Waals surface area contributed by atoms with Crippen LogP contribution in [-0.2, 0) is 14.3 Å². The fourth-order valence-electron chi connectivity index (χ4n) is 3.08. The fourth-order valence-corrected chi connectivity index (χ4v) is 3.28. The quantitative estimate of drug-likeness (QED) is 0.753. The van der Waals surface area contributed by atoms with Gasteiger partial charge in [0.05, 0.1) is 11.6 Å². The van der Waals surface area contributed by atoms with Gasteiger partial charge in [0, 0.05) is 23.7 Å². The zero-order valence-electron chi connectivity index (χ0n) is 15.5. The SMILES string of the molecule is C[C@@H](NC(=O)COC(=O)c1cccc(N2CCCC2=O)c1)c1cccc(Cl)c1. The minimum Gasteiger partial charge on any atom is -0.452 e. The minimum atomic E-state index is -0.612. The highest BCUT2D eigenvalue weighted by Crippen LogP contribution is 2.22. The molecule has 0 aromatic heterocycles. The summed E-state index contributed by atoms with van der Waals surface area (Å²) >= 11 is 5.96. The van der Waals surface area contributed by atoms with Crippen LogP contribution in [0.25, 0.3) is 0 Å². The third kappa shape index (κ3) is 4.89. The molecule has 2 aromatic carbocycles. The molecule has 1 saturated heterocycles. The average molecular weight is 401 g/mol. The summed E-state index contributed by atoms with van der Waals surface area (Å²) in [7, 11) is 0. The van der Waals surface area contributed by atoms with E-state index in [4.69, 9.17) is 16.3 Å². The first-order chi connectivity index (χ1) is 13.4. The standard InChI is InChI=1S/C21H21ClN2O4/c1-14(15-5-2-7-17(22)11-15)23-19(25)13-28-21(27)16-6-3-8-18(12-16)24-10-4-9-20(24)26/h2-3,5-8,11-12,14H,4,9-10,13H2,1H3,(H,23,25)/t14-/m1/s1. The van der Waals surface area contributed by atoms with E-state index < -0.39 is 18.5 Å². The van der Waals surface area contributed by atoms with Crippen molar-refractivity contribution in [2.75, 3.05) is 18.1 Å². The van der Waals surface area contributed by atoms with Crippen molar-refractivity contribution in [1.82, 2.24) is 5.32 Å². The summed E-state index contributed by atoms with van der Waals surface area (Å²) in [5.74, 6) is -0.981. The molecule has 0 aliphatic carbocycles. The van der Waals surface area contributed by atoms with Gasteiger partial charge in [0.15, 0.2) is 6.61 Å². The summed E-state index contributed by atoms with van der Waals surface area (Å²) in [5, 5.41) is 3.35. The lowest BCUT2D eigenvalue weighted by molar-refractivity contribution is -0.124. The van der Waals surface area contributed by atoms with E-state index in [0.717, 1.165) is 12.0 Å². The van der Waals surface area contributed by atoms with Crippen molar-refractivity contribution in [2.45, 2.75) is 25.8 Å². The van der Waals surface area contributed by atoms with E-state index in [1.807, 2.05) is 13.0 Å². The molecule has 1 atom stereocenters. The van der Waals surface area contributed by atoms with Crippen LogP contribution in [0.15, 0.2) is 48.5 Å². The number of halogens is 1. The van der Waals surface area contributed by atoms with Crippen LogP contribution in [0.4, 0.5) is 5.69 Å². The number of carbonyl (C=O) groups is 3. The van der Waals surface area contributed by atoms with Gasteiger partial charge in [-0.2, -0.15) is 0 Å². The summed E-state index contributed by atoms with van der Waals surface area (Å²) in [6.07, 6.45) is 1.32. The molecule has 0 unspecified atom stereocenters. The van der Waals surface area contributed by atoms with E-state index in [0.29, 0.717) is 29.2 Å². The lowest BCUT2D eigenvalue weighted by Crippen LogP contribution is -2.31. The topological polar surface area (TPSA) is 75.7 Å². The first-order valence-electron chi connectivity index (χ1n) is 9.06. The number of carbonyl (C=O) groups excluding carboxylic acids is 3. The third-order valence-corrected chi connectivity index (χ3v) is 4.76. The monoisotopic (exact) mass is 400 g/mol. The number of rotatable bonds is 6. The van der Waals surface area contributed by atoms with Crippen LogP contribution < -0.4 is 10.2 Å². The summed E-state index contributed by atoms with van der Waals surface area (Å²) in [4.78, 5) is 37.9. The Labute approximate surface area is 168 Å². The molecule has 2 amide bonds. The lowest BCUT2D eigenvalue weighted by atomic mass is 10.1. The highest BCUT2D eigenvalue weighted by atomic mass is 35.5. The maximum Gasteiger partial charge on any atom is 0.338 e. The van der Waals surface area contributed by atoms with Gasteiger partial charge in [-0.05, 0) is 49.2 Å². The van der Waals surface area contributed by atoms with Crippen LogP contribution in [0.3, 0.4) is 0 Å². The molecule has 7 heteroatoms. The molecule has 0 bridgehead atoms.